The Hall–Kier alpha value is -2.09. The first-order valence-corrected chi connectivity index (χ1v) is 7.88. The molecular weight excluding hydrogens is 280 g/mol. The van der Waals surface area contributed by atoms with Gasteiger partial charge in [0.1, 0.15) is 0 Å². The van der Waals surface area contributed by atoms with Gasteiger partial charge in [-0.1, -0.05) is 25.5 Å². The van der Waals surface area contributed by atoms with Crippen molar-refractivity contribution in [2.24, 2.45) is 5.73 Å². The second kappa shape index (κ2) is 6.38. The third-order valence-corrected chi connectivity index (χ3v) is 3.66. The minimum absolute atomic E-state index is 0.0437. The summed E-state index contributed by atoms with van der Waals surface area (Å²) >= 11 is 0. The molecule has 0 aliphatic carbocycles. The van der Waals surface area contributed by atoms with E-state index >= 15 is 0 Å². The van der Waals surface area contributed by atoms with Crippen molar-refractivity contribution in [3.63, 3.8) is 0 Å². The van der Waals surface area contributed by atoms with Gasteiger partial charge in [-0.05, 0) is 18.1 Å². The number of aryl methyl sites for hydroxylation is 1. The smallest absolute Gasteiger partial charge is 0.326 e. The second-order valence-corrected chi connectivity index (χ2v) is 6.29. The molecule has 8 heteroatoms. The molecule has 0 unspecified atom stereocenters. The summed E-state index contributed by atoms with van der Waals surface area (Å²) in [6.07, 6.45) is 2.50. The van der Waals surface area contributed by atoms with Crippen molar-refractivity contribution in [3.8, 4) is 0 Å². The van der Waals surface area contributed by atoms with Crippen LogP contribution in [0.1, 0.15) is 18.9 Å². The summed E-state index contributed by atoms with van der Waals surface area (Å²) in [4.78, 5) is 11.7. The number of carbonyl (C=O) groups is 1. The zero-order chi connectivity index (χ0) is 15.3. The number of carbonyl (C=O) groups excluding carboxylic acids is 1. The highest BCUT2D eigenvalue weighted by Gasteiger charge is 2.18. The number of sulfone groups is 1. The molecule has 1 aromatic rings. The number of urea groups is 1. The molecule has 0 heterocycles. The van der Waals surface area contributed by atoms with Crippen LogP contribution in [-0.2, 0) is 16.3 Å². The molecule has 0 fully saturated rings. The van der Waals surface area contributed by atoms with Crippen LogP contribution in [-0.4, -0.2) is 26.7 Å². The van der Waals surface area contributed by atoms with E-state index in [0.717, 1.165) is 12.7 Å². The van der Waals surface area contributed by atoms with E-state index in [4.69, 9.17) is 11.1 Å². The monoisotopic (exact) mass is 298 g/mol. The Morgan fingerprint density at radius 2 is 2.05 bits per heavy atom. The molecule has 1 aromatic carbocycles. The van der Waals surface area contributed by atoms with Gasteiger partial charge in [0.2, 0.25) is 0 Å². The Morgan fingerprint density at radius 1 is 1.40 bits per heavy atom. The molecule has 0 saturated carbocycles. The van der Waals surface area contributed by atoms with Crippen LogP contribution in [0.25, 0.3) is 0 Å². The van der Waals surface area contributed by atoms with Gasteiger partial charge in [-0.2, -0.15) is 0 Å². The van der Waals surface area contributed by atoms with Gasteiger partial charge in [0, 0.05) is 6.26 Å². The fraction of sp³-hybridized carbons (Fsp3) is 0.333. The van der Waals surface area contributed by atoms with Gasteiger partial charge in [-0.3, -0.25) is 10.7 Å². The maximum atomic E-state index is 11.8. The zero-order valence-corrected chi connectivity index (χ0v) is 12.2. The van der Waals surface area contributed by atoms with Crippen molar-refractivity contribution in [3.05, 3.63) is 23.8 Å². The SMILES string of the molecule is CCCc1cccc(S(C)(=O)=O)c1NC(=O)NC(=N)N. The molecule has 5 N–H and O–H groups in total. The van der Waals surface area contributed by atoms with E-state index in [-0.39, 0.29) is 10.6 Å². The zero-order valence-electron chi connectivity index (χ0n) is 11.4. The van der Waals surface area contributed by atoms with Crippen molar-refractivity contribution in [2.45, 2.75) is 24.7 Å². The number of guanidine groups is 1. The van der Waals surface area contributed by atoms with Crippen LogP contribution in [0.5, 0.6) is 0 Å². The predicted molar refractivity (Wildman–Crippen MR) is 77.6 cm³/mol. The Labute approximate surface area is 118 Å². The van der Waals surface area contributed by atoms with Crippen molar-refractivity contribution in [2.75, 3.05) is 11.6 Å². The Morgan fingerprint density at radius 3 is 2.55 bits per heavy atom. The lowest BCUT2D eigenvalue weighted by Crippen LogP contribution is -2.39. The number of nitrogens with one attached hydrogen (secondary N) is 3. The molecule has 0 atom stereocenters. The van der Waals surface area contributed by atoms with E-state index in [1.165, 1.54) is 6.07 Å². The molecule has 0 saturated heterocycles. The van der Waals surface area contributed by atoms with E-state index in [1.54, 1.807) is 12.1 Å². The maximum absolute atomic E-state index is 11.8. The van der Waals surface area contributed by atoms with E-state index < -0.39 is 21.8 Å². The number of benzene rings is 1. The van der Waals surface area contributed by atoms with Gasteiger partial charge in [0.25, 0.3) is 0 Å². The van der Waals surface area contributed by atoms with Crippen LogP contribution in [0, 0.1) is 5.41 Å². The molecule has 0 aliphatic heterocycles. The summed E-state index contributed by atoms with van der Waals surface area (Å²) < 4.78 is 23.6. The van der Waals surface area contributed by atoms with Gasteiger partial charge in [0.15, 0.2) is 15.8 Å². The first-order valence-electron chi connectivity index (χ1n) is 5.99. The number of hydrogen-bond donors (Lipinski definition) is 4. The van der Waals surface area contributed by atoms with Crippen LogP contribution in [0.4, 0.5) is 10.5 Å². The third kappa shape index (κ3) is 4.23. The summed E-state index contributed by atoms with van der Waals surface area (Å²) in [5.74, 6) is -0.517. The van der Waals surface area contributed by atoms with Gasteiger partial charge in [0.05, 0.1) is 10.6 Å². The summed E-state index contributed by atoms with van der Waals surface area (Å²) in [5, 5.41) is 11.5. The van der Waals surface area contributed by atoms with Crippen molar-refractivity contribution >= 4 is 27.5 Å². The molecular formula is C12H18N4O3S. The number of anilines is 1. The minimum atomic E-state index is -3.48. The van der Waals surface area contributed by atoms with Gasteiger partial charge < -0.3 is 11.1 Å². The Balaban J connectivity index is 3.25. The Bertz CT molecular complexity index is 626. The number of rotatable bonds is 4. The fourth-order valence-corrected chi connectivity index (χ4v) is 2.65. The molecule has 110 valence electrons. The topological polar surface area (TPSA) is 125 Å². The molecule has 0 aromatic heterocycles. The van der Waals surface area contributed by atoms with Gasteiger partial charge in [-0.15, -0.1) is 0 Å². The normalized spacial score (nSPS) is 10.9. The lowest BCUT2D eigenvalue weighted by atomic mass is 10.1. The quantitative estimate of drug-likeness (QED) is 0.490. The molecule has 0 bridgehead atoms. The summed E-state index contributed by atoms with van der Waals surface area (Å²) in [7, 11) is -3.48. The average Bonchev–Trinajstić information content (AvgIpc) is 2.29. The molecule has 20 heavy (non-hydrogen) atoms. The van der Waals surface area contributed by atoms with E-state index in [1.807, 2.05) is 6.92 Å². The molecule has 1 rings (SSSR count). The van der Waals surface area contributed by atoms with Crippen LogP contribution >= 0.6 is 0 Å². The van der Waals surface area contributed by atoms with E-state index in [9.17, 15) is 13.2 Å². The molecule has 0 radical (unpaired) electrons. The van der Waals surface area contributed by atoms with Crippen molar-refractivity contribution in [1.29, 1.82) is 5.41 Å². The summed E-state index contributed by atoms with van der Waals surface area (Å²) in [6.45, 7) is 1.95. The largest absolute Gasteiger partial charge is 0.370 e. The lowest BCUT2D eigenvalue weighted by Gasteiger charge is -2.14. The van der Waals surface area contributed by atoms with Crippen molar-refractivity contribution < 1.29 is 13.2 Å². The van der Waals surface area contributed by atoms with Crippen LogP contribution in [0.15, 0.2) is 23.1 Å². The summed E-state index contributed by atoms with van der Waals surface area (Å²) in [5.41, 5.74) is 6.01. The van der Waals surface area contributed by atoms with Crippen LogP contribution < -0.4 is 16.4 Å². The molecule has 7 nitrogen and oxygen atoms in total. The van der Waals surface area contributed by atoms with Gasteiger partial charge >= 0.3 is 6.03 Å². The Kier molecular flexibility index (Phi) is 5.09. The standard InChI is InChI=1S/C12H18N4O3S/c1-3-5-8-6-4-7-9(20(2,18)19)10(8)15-12(17)16-11(13)14/h4,6-7H,3,5H2,1-2H3,(H5,13,14,15,16,17). The van der Waals surface area contributed by atoms with Crippen LogP contribution in [0.3, 0.4) is 0 Å². The molecule has 0 spiro atoms. The van der Waals surface area contributed by atoms with Gasteiger partial charge in [-0.25, -0.2) is 13.2 Å². The van der Waals surface area contributed by atoms with Crippen molar-refractivity contribution in [1.82, 2.24) is 5.32 Å². The lowest BCUT2D eigenvalue weighted by molar-refractivity contribution is 0.256. The highest BCUT2D eigenvalue weighted by atomic mass is 32.2. The first kappa shape index (κ1) is 16.0. The van der Waals surface area contributed by atoms with E-state index in [0.29, 0.717) is 12.0 Å². The minimum Gasteiger partial charge on any atom is -0.370 e. The first-order chi connectivity index (χ1) is 9.25. The summed E-state index contributed by atoms with van der Waals surface area (Å²) in [6, 6.07) is 4.07. The second-order valence-electron chi connectivity index (χ2n) is 4.31. The fourth-order valence-electron chi connectivity index (χ4n) is 1.77. The number of nitrogens with two attached hydrogens (primary N) is 1. The van der Waals surface area contributed by atoms with Crippen LogP contribution in [0.2, 0.25) is 0 Å². The number of amides is 2. The highest BCUT2D eigenvalue weighted by Crippen LogP contribution is 2.26. The highest BCUT2D eigenvalue weighted by molar-refractivity contribution is 7.90. The average molecular weight is 298 g/mol. The van der Waals surface area contributed by atoms with E-state index in [2.05, 4.69) is 10.6 Å². The molecule has 0 aliphatic rings. The number of para-hydroxylation sites is 1. The number of hydrogen-bond acceptors (Lipinski definition) is 4. The third-order valence-electron chi connectivity index (χ3n) is 2.52. The maximum Gasteiger partial charge on any atom is 0.326 e. The predicted octanol–water partition coefficient (Wildman–Crippen LogP) is 1.06. The molecule has 2 amide bonds.